The van der Waals surface area contributed by atoms with E-state index in [1.807, 2.05) is 9.80 Å². The minimum Gasteiger partial charge on any atom is -0.393 e. The van der Waals surface area contributed by atoms with Crippen LogP contribution in [0.15, 0.2) is 11.6 Å². The maximum Gasteiger partial charge on any atom is 0.320 e. The third-order valence-corrected chi connectivity index (χ3v) is 13.2. The van der Waals surface area contributed by atoms with Crippen LogP contribution in [0.4, 0.5) is 4.79 Å². The molecule has 2 saturated heterocycles. The predicted octanol–water partition coefficient (Wildman–Crippen LogP) is 6.09. The molecule has 1 N–H and O–H groups in total. The van der Waals surface area contributed by atoms with Crippen molar-refractivity contribution in [3.8, 4) is 0 Å². The van der Waals surface area contributed by atoms with Gasteiger partial charge < -0.3 is 19.8 Å². The molecule has 6 heteroatoms. The number of piperazine rings is 1. The number of hydrogen-bond acceptors (Lipinski definition) is 3. The number of nitrogens with zero attached hydrogens (tertiary/aromatic N) is 3. The number of carbonyl (C=O) groups is 2. The molecule has 0 aromatic rings. The molecule has 0 bridgehead atoms. The number of hydrogen-bond donors (Lipinski definition) is 1. The maximum atomic E-state index is 13.4. The van der Waals surface area contributed by atoms with Crippen molar-refractivity contribution < 1.29 is 14.7 Å². The summed E-state index contributed by atoms with van der Waals surface area (Å²) in [5.74, 6) is 3.95. The van der Waals surface area contributed by atoms with Crippen LogP contribution in [0.2, 0.25) is 0 Å². The van der Waals surface area contributed by atoms with E-state index in [4.69, 9.17) is 0 Å². The van der Waals surface area contributed by atoms with Gasteiger partial charge in [-0.15, -0.1) is 0 Å². The number of carbonyl (C=O) groups excluding carboxylic acids is 2. The third kappa shape index (κ3) is 4.82. The van der Waals surface area contributed by atoms with Crippen molar-refractivity contribution in [2.45, 2.75) is 117 Å². The number of allylic oxidation sites excluding steroid dienone is 1. The normalized spacial score (nSPS) is 42.1. The van der Waals surface area contributed by atoms with Gasteiger partial charge >= 0.3 is 6.03 Å². The van der Waals surface area contributed by atoms with Gasteiger partial charge in [0.1, 0.15) is 0 Å². The fourth-order valence-electron chi connectivity index (χ4n) is 10.9. The Morgan fingerprint density at radius 3 is 2.52 bits per heavy atom. The van der Waals surface area contributed by atoms with Crippen LogP contribution in [-0.4, -0.2) is 76.6 Å². The van der Waals surface area contributed by atoms with Crippen molar-refractivity contribution in [2.24, 2.45) is 40.4 Å². The molecule has 0 aromatic carbocycles. The summed E-state index contributed by atoms with van der Waals surface area (Å²) in [7, 11) is 0. The average Bonchev–Trinajstić information content (AvgIpc) is 3.59. The van der Waals surface area contributed by atoms with E-state index in [0.717, 1.165) is 69.4 Å². The summed E-state index contributed by atoms with van der Waals surface area (Å²) in [4.78, 5) is 32.3. The van der Waals surface area contributed by atoms with E-state index in [0.29, 0.717) is 48.7 Å². The average molecular weight is 554 g/mol. The van der Waals surface area contributed by atoms with Crippen LogP contribution in [0.25, 0.3) is 0 Å². The van der Waals surface area contributed by atoms with Crippen molar-refractivity contribution in [3.05, 3.63) is 11.6 Å². The van der Waals surface area contributed by atoms with Crippen LogP contribution in [0.5, 0.6) is 0 Å². The largest absolute Gasteiger partial charge is 0.393 e. The number of aliphatic hydroxyl groups is 1. The maximum absolute atomic E-state index is 13.4. The Balaban J connectivity index is 1.04. The van der Waals surface area contributed by atoms with Gasteiger partial charge in [0.2, 0.25) is 5.91 Å². The smallest absolute Gasteiger partial charge is 0.320 e. The van der Waals surface area contributed by atoms with E-state index in [2.05, 4.69) is 38.7 Å². The molecule has 6 rings (SSSR count). The van der Waals surface area contributed by atoms with Crippen LogP contribution in [-0.2, 0) is 4.79 Å². The Morgan fingerprint density at radius 1 is 1.00 bits per heavy atom. The molecule has 224 valence electrons. The number of aliphatic hydroxyl groups excluding tert-OH is 1. The Hall–Kier alpha value is -1.56. The van der Waals surface area contributed by atoms with Crippen LogP contribution in [0, 0.1) is 40.4 Å². The second kappa shape index (κ2) is 10.9. The van der Waals surface area contributed by atoms with E-state index in [1.165, 1.54) is 32.1 Å². The highest BCUT2D eigenvalue weighted by atomic mass is 16.3. The Morgan fingerprint density at radius 2 is 1.77 bits per heavy atom. The third-order valence-electron chi connectivity index (χ3n) is 13.2. The summed E-state index contributed by atoms with van der Waals surface area (Å²) >= 11 is 0. The van der Waals surface area contributed by atoms with Crippen molar-refractivity contribution in [1.29, 1.82) is 0 Å². The zero-order valence-electron chi connectivity index (χ0n) is 25.7. The summed E-state index contributed by atoms with van der Waals surface area (Å²) < 4.78 is 0. The molecule has 3 saturated carbocycles. The van der Waals surface area contributed by atoms with E-state index in [-0.39, 0.29) is 24.1 Å². The summed E-state index contributed by atoms with van der Waals surface area (Å²) in [6, 6.07) is 0.266. The van der Waals surface area contributed by atoms with Crippen molar-refractivity contribution in [2.75, 3.05) is 32.7 Å². The lowest BCUT2D eigenvalue weighted by molar-refractivity contribution is -0.135. The summed E-state index contributed by atoms with van der Waals surface area (Å²) in [6.07, 6.45) is 15.8. The van der Waals surface area contributed by atoms with Gasteiger partial charge in [0.25, 0.3) is 0 Å². The van der Waals surface area contributed by atoms with E-state index >= 15 is 0 Å². The van der Waals surface area contributed by atoms with Gasteiger partial charge in [-0.2, -0.15) is 0 Å². The second-order valence-corrected chi connectivity index (χ2v) is 15.3. The first-order valence-corrected chi connectivity index (χ1v) is 16.8. The molecule has 6 nitrogen and oxygen atoms in total. The fourth-order valence-corrected chi connectivity index (χ4v) is 10.9. The minimum absolute atomic E-state index is 0.0956. The van der Waals surface area contributed by atoms with Crippen molar-refractivity contribution >= 4 is 11.9 Å². The Bertz CT molecular complexity index is 1010. The number of amides is 3. The zero-order chi connectivity index (χ0) is 28.2. The number of rotatable bonds is 4. The van der Waals surface area contributed by atoms with E-state index in [9.17, 15) is 14.7 Å². The molecule has 0 radical (unpaired) electrons. The topological polar surface area (TPSA) is 64.1 Å². The molecular formula is C34H55N3O3. The van der Waals surface area contributed by atoms with E-state index < -0.39 is 0 Å². The van der Waals surface area contributed by atoms with Crippen LogP contribution < -0.4 is 0 Å². The van der Waals surface area contributed by atoms with Gasteiger partial charge in [-0.25, -0.2) is 4.79 Å². The number of urea groups is 1. The van der Waals surface area contributed by atoms with Gasteiger partial charge in [0.15, 0.2) is 0 Å². The van der Waals surface area contributed by atoms with Gasteiger partial charge in [-0.3, -0.25) is 4.79 Å². The summed E-state index contributed by atoms with van der Waals surface area (Å²) in [5.41, 5.74) is 2.27. The highest BCUT2D eigenvalue weighted by Crippen LogP contribution is 2.67. The fraction of sp³-hybridized carbons (Fsp3) is 0.882. The molecule has 40 heavy (non-hydrogen) atoms. The van der Waals surface area contributed by atoms with Gasteiger partial charge in [-0.05, 0) is 118 Å². The molecule has 3 amide bonds. The zero-order valence-corrected chi connectivity index (χ0v) is 25.7. The SMILES string of the molecule is CC(CCC(=O)N1CCN(C(=O)N2CCCC2)CC1C)[C@H]1CC[C@H]2[C@@H]3CC=C4C[C@@H](O)CC[C@]4(C)[C@H]3CC[C@]12C. The first kappa shape index (κ1) is 28.6. The number of likely N-dealkylation sites (tertiary alicyclic amines) is 1. The van der Waals surface area contributed by atoms with Gasteiger partial charge in [0.05, 0.1) is 6.10 Å². The molecule has 5 fully saturated rings. The number of fused-ring (bicyclic) bond motifs is 5. The monoisotopic (exact) mass is 553 g/mol. The molecule has 2 heterocycles. The van der Waals surface area contributed by atoms with Crippen LogP contribution in [0.3, 0.4) is 0 Å². The molecule has 2 aliphatic heterocycles. The molecule has 0 spiro atoms. The first-order valence-electron chi connectivity index (χ1n) is 16.8. The highest BCUT2D eigenvalue weighted by Gasteiger charge is 2.59. The summed E-state index contributed by atoms with van der Waals surface area (Å²) in [5, 5.41) is 10.3. The molecular weight excluding hydrogens is 498 g/mol. The molecule has 0 aromatic heterocycles. The minimum atomic E-state index is -0.131. The van der Waals surface area contributed by atoms with E-state index in [1.54, 1.807) is 5.57 Å². The molecule has 6 aliphatic rings. The Kier molecular flexibility index (Phi) is 7.80. The quantitative estimate of drug-likeness (QED) is 0.429. The van der Waals surface area contributed by atoms with Crippen LogP contribution >= 0.6 is 0 Å². The second-order valence-electron chi connectivity index (χ2n) is 15.3. The predicted molar refractivity (Wildman–Crippen MR) is 159 cm³/mol. The van der Waals surface area contributed by atoms with Gasteiger partial charge in [0, 0.05) is 45.2 Å². The van der Waals surface area contributed by atoms with Crippen molar-refractivity contribution in [3.63, 3.8) is 0 Å². The lowest BCUT2D eigenvalue weighted by Crippen LogP contribution is -2.57. The summed E-state index contributed by atoms with van der Waals surface area (Å²) in [6.45, 7) is 13.4. The van der Waals surface area contributed by atoms with Crippen LogP contribution in [0.1, 0.15) is 105 Å². The molecule has 2 unspecified atom stereocenters. The molecule has 4 aliphatic carbocycles. The first-order chi connectivity index (χ1) is 19.1. The van der Waals surface area contributed by atoms with Crippen molar-refractivity contribution in [1.82, 2.24) is 14.7 Å². The van der Waals surface area contributed by atoms with Gasteiger partial charge in [-0.1, -0.05) is 32.4 Å². The molecule has 9 atom stereocenters. The lowest BCUT2D eigenvalue weighted by Gasteiger charge is -2.58. The lowest BCUT2D eigenvalue weighted by atomic mass is 9.47. The highest BCUT2D eigenvalue weighted by molar-refractivity contribution is 5.78. The standard InChI is InChI=1S/C34H55N3O3/c1-23(7-12-31(39)37-20-19-36(22-24(37)2)32(40)35-17-5-6-18-35)28-10-11-29-27-9-8-25-21-26(38)13-15-33(25,3)30(27)14-16-34(28,29)4/h8,23-24,26-30,38H,5-7,9-22H2,1-4H3/t23?,24?,26-,27-,28+,29-,30-,33-,34+/m0/s1. The Labute approximate surface area is 242 Å².